The summed E-state index contributed by atoms with van der Waals surface area (Å²) < 4.78 is 48.1. The highest BCUT2D eigenvalue weighted by Gasteiger charge is 2.68. The molecule has 15 atom stereocenters. The molecule has 15 unspecified atom stereocenters. The molecular formula is C51H85N4O15PS. The largest absolute Gasteiger partial charge is 0.469 e. The fourth-order valence-electron chi connectivity index (χ4n) is 8.81. The van der Waals surface area contributed by atoms with E-state index in [1.165, 1.54) is 26.6 Å². The number of aliphatic hydroxyl groups excluding tert-OH is 5. The van der Waals surface area contributed by atoms with Gasteiger partial charge in [-0.2, -0.15) is 17.9 Å². The maximum Gasteiger partial charge on any atom is 0.469 e. The molecule has 1 aromatic rings. The van der Waals surface area contributed by atoms with E-state index in [-0.39, 0.29) is 50.6 Å². The zero-order chi connectivity index (χ0) is 54.9. The number of likely N-dealkylation sites (N-methyl/N-ethyl adjacent to an activating group) is 1. The maximum atomic E-state index is 12.6. The van der Waals surface area contributed by atoms with Crippen LogP contribution in [0, 0.1) is 34.5 Å². The molecule has 2 fully saturated rings. The SMILES string of the molecule is CC.COCC(C(O)C(O)C(=O)NCCC(S)c1nc(/C=C\CC2OC3(CC(O)C2C)OC(C(CC(O)C(C)C(O)C(C)\C=C(C)/C(C)=C/C=C/C(C)=C\C#N)OC)C(OP(=O)(O)O)C3(C)C)co1)N(C)C. The van der Waals surface area contributed by atoms with Crippen LogP contribution < -0.4 is 5.32 Å². The van der Waals surface area contributed by atoms with Crippen molar-refractivity contribution in [2.75, 3.05) is 41.5 Å². The number of rotatable bonds is 26. The van der Waals surface area contributed by atoms with Crippen molar-refractivity contribution in [2.45, 2.75) is 167 Å². The summed E-state index contributed by atoms with van der Waals surface area (Å²) in [4.78, 5) is 39.1. The first kappa shape index (κ1) is 65.0. The van der Waals surface area contributed by atoms with Crippen LogP contribution in [-0.4, -0.2) is 159 Å². The summed E-state index contributed by atoms with van der Waals surface area (Å²) in [5.41, 5.74) is 1.81. The van der Waals surface area contributed by atoms with E-state index in [0.29, 0.717) is 5.69 Å². The molecule has 0 radical (unpaired) electrons. The third-order valence-electron chi connectivity index (χ3n) is 13.7. The van der Waals surface area contributed by atoms with Gasteiger partial charge in [-0.1, -0.05) is 84.4 Å². The van der Waals surface area contributed by atoms with E-state index in [2.05, 4.69) is 22.9 Å². The second-order valence-electron chi connectivity index (χ2n) is 19.5. The molecule has 3 rings (SSSR count). The van der Waals surface area contributed by atoms with Crippen molar-refractivity contribution in [2.24, 2.45) is 23.2 Å². The predicted octanol–water partition coefficient (Wildman–Crippen LogP) is 5.58. The number of amides is 1. The lowest BCUT2D eigenvalue weighted by Gasteiger charge is -2.50. The molecule has 410 valence electrons. The van der Waals surface area contributed by atoms with Gasteiger partial charge in [0.15, 0.2) is 11.9 Å². The van der Waals surface area contributed by atoms with Gasteiger partial charge in [0.2, 0.25) is 5.89 Å². The predicted molar refractivity (Wildman–Crippen MR) is 277 cm³/mol. The Labute approximate surface area is 432 Å². The molecule has 0 saturated carbocycles. The first-order valence-corrected chi connectivity index (χ1v) is 26.6. The number of oxazole rings is 1. The smallest absolute Gasteiger partial charge is 0.447 e. The summed E-state index contributed by atoms with van der Waals surface area (Å²) in [7, 11) is 1.08. The highest BCUT2D eigenvalue weighted by Crippen LogP contribution is 2.59. The van der Waals surface area contributed by atoms with E-state index in [4.69, 9.17) is 33.2 Å². The minimum Gasteiger partial charge on any atom is -0.447 e. The molecule has 2 saturated heterocycles. The number of ether oxygens (including phenoxy) is 4. The average Bonchev–Trinajstić information content (AvgIpc) is 3.87. The second-order valence-corrected chi connectivity index (χ2v) is 21.3. The van der Waals surface area contributed by atoms with Crippen LogP contribution in [-0.2, 0) is 32.8 Å². The van der Waals surface area contributed by atoms with E-state index >= 15 is 0 Å². The fourth-order valence-corrected chi connectivity index (χ4v) is 9.74. The molecule has 8 N–H and O–H groups in total. The Hall–Kier alpha value is -3.07. The van der Waals surface area contributed by atoms with Crippen molar-refractivity contribution >= 4 is 32.4 Å². The number of phosphoric ester groups is 1. The summed E-state index contributed by atoms with van der Waals surface area (Å²) in [6, 6.07) is 1.38. The molecule has 19 nitrogen and oxygen atoms in total. The number of thiol groups is 1. The van der Waals surface area contributed by atoms with Gasteiger partial charge in [0.05, 0.1) is 54.5 Å². The molecule has 1 spiro atoms. The number of allylic oxidation sites excluding steroid dienone is 7. The molecule has 1 amide bonds. The van der Waals surface area contributed by atoms with Gasteiger partial charge >= 0.3 is 7.82 Å². The molecular weight excluding hydrogens is 972 g/mol. The summed E-state index contributed by atoms with van der Waals surface area (Å²) in [6.45, 7) is 18.6. The van der Waals surface area contributed by atoms with Crippen LogP contribution >= 0.6 is 20.5 Å². The van der Waals surface area contributed by atoms with Crippen molar-refractivity contribution in [3.8, 4) is 6.07 Å². The molecule has 0 bridgehead atoms. The molecule has 1 aromatic heterocycles. The van der Waals surface area contributed by atoms with Gasteiger partial charge in [0.25, 0.3) is 5.91 Å². The van der Waals surface area contributed by atoms with Gasteiger partial charge < -0.3 is 68.9 Å². The zero-order valence-corrected chi connectivity index (χ0v) is 46.4. The number of carbonyl (C=O) groups is 1. The molecule has 2 aliphatic rings. The number of phosphoric acid groups is 1. The van der Waals surface area contributed by atoms with Crippen LogP contribution in [0.4, 0.5) is 0 Å². The number of nitriles is 1. The maximum absolute atomic E-state index is 12.6. The second kappa shape index (κ2) is 29.9. The van der Waals surface area contributed by atoms with Crippen molar-refractivity contribution in [1.82, 2.24) is 15.2 Å². The molecule has 0 aliphatic carbocycles. The standard InChI is InChI=1S/C49H79N4O15PS.C2H6/c1-28(19-21-50)15-13-16-29(2)30(3)23-31(4)41(56)33(6)36(54)24-39(64-12)44-45(68-69(60,61)62)48(7,8)49(67-44)25-37(55)32(5)38(66-49)18-14-17-34-26-65-47(52-34)40(70)20-22-51-46(59)43(58)42(57)35(27-63-11)53(9)10;1-2/h13-17,19,23,26,31-33,35-45,54-58,70H,18,20,22,24-25,27H2,1-12H3,(H,51,59)(H2,60,61,62);1-2H3/b15-13+,17-14-,28-19-,29-16+,30-23-;. The van der Waals surface area contributed by atoms with Crippen LogP contribution in [0.3, 0.4) is 0 Å². The van der Waals surface area contributed by atoms with Gasteiger partial charge in [-0.15, -0.1) is 0 Å². The zero-order valence-electron chi connectivity index (χ0n) is 44.6. The highest BCUT2D eigenvalue weighted by atomic mass is 32.1. The Balaban J connectivity index is 0.00000876. The lowest BCUT2D eigenvalue weighted by Crippen LogP contribution is -2.58. The number of aromatic nitrogens is 1. The van der Waals surface area contributed by atoms with Crippen molar-refractivity contribution in [3.05, 3.63) is 71.0 Å². The molecule has 3 heterocycles. The molecule has 21 heteroatoms. The fraction of sp³-hybridized carbons (Fsp3) is 0.706. The quantitative estimate of drug-likeness (QED) is 0.0237. The van der Waals surface area contributed by atoms with Crippen molar-refractivity contribution < 1.29 is 72.6 Å². The van der Waals surface area contributed by atoms with Gasteiger partial charge in [0, 0.05) is 62.9 Å². The number of carbonyl (C=O) groups excluding carboxylic acids is 1. The first-order valence-electron chi connectivity index (χ1n) is 24.5. The van der Waals surface area contributed by atoms with Gasteiger partial charge in [-0.3, -0.25) is 9.32 Å². The van der Waals surface area contributed by atoms with Crippen molar-refractivity contribution in [3.63, 3.8) is 0 Å². The number of nitrogens with zero attached hydrogens (tertiary/aromatic N) is 3. The Morgan fingerprint density at radius 3 is 2.33 bits per heavy atom. The van der Waals surface area contributed by atoms with E-state index in [1.807, 2.05) is 78.8 Å². The van der Waals surface area contributed by atoms with Crippen LogP contribution in [0.5, 0.6) is 0 Å². The number of aliphatic hydroxyl groups is 5. The van der Waals surface area contributed by atoms with Crippen LogP contribution in [0.15, 0.2) is 63.9 Å². The van der Waals surface area contributed by atoms with E-state index < -0.39 is 103 Å². The minimum absolute atomic E-state index is 0.0730. The average molecular weight is 1060 g/mol. The Morgan fingerprint density at radius 2 is 1.75 bits per heavy atom. The summed E-state index contributed by atoms with van der Waals surface area (Å²) in [5.74, 6) is -3.60. The Kier molecular flexibility index (Phi) is 27.0. The lowest BCUT2D eigenvalue weighted by molar-refractivity contribution is -0.334. The molecule has 2 aliphatic heterocycles. The first-order chi connectivity index (χ1) is 33.6. The number of nitrogens with one attached hydrogen (secondary N) is 1. The normalized spacial score (nSPS) is 26.9. The van der Waals surface area contributed by atoms with E-state index in [1.54, 1.807) is 51.9 Å². The Morgan fingerprint density at radius 1 is 1.10 bits per heavy atom. The lowest BCUT2D eigenvalue weighted by atomic mass is 9.72. The van der Waals surface area contributed by atoms with Crippen LogP contribution in [0.25, 0.3) is 6.08 Å². The van der Waals surface area contributed by atoms with Gasteiger partial charge in [-0.25, -0.2) is 9.55 Å². The highest BCUT2D eigenvalue weighted by molar-refractivity contribution is 7.80. The third kappa shape index (κ3) is 18.1. The van der Waals surface area contributed by atoms with Crippen LogP contribution in [0.1, 0.15) is 112 Å². The molecule has 72 heavy (non-hydrogen) atoms. The minimum atomic E-state index is -5.16. The summed E-state index contributed by atoms with van der Waals surface area (Å²) >= 11 is 4.58. The number of methoxy groups -OCH3 is 2. The topological polar surface area (TPSA) is 287 Å². The van der Waals surface area contributed by atoms with Crippen molar-refractivity contribution in [1.29, 1.82) is 5.26 Å². The van der Waals surface area contributed by atoms with E-state index in [9.17, 15) is 44.7 Å². The Bertz CT molecular complexity index is 2080. The molecule has 0 aromatic carbocycles. The summed E-state index contributed by atoms with van der Waals surface area (Å²) in [5, 5.41) is 66.5. The number of hydrogen-bond acceptors (Lipinski definition) is 17. The number of hydrogen-bond donors (Lipinski definition) is 9. The third-order valence-corrected chi connectivity index (χ3v) is 14.7. The van der Waals surface area contributed by atoms with Crippen LogP contribution in [0.2, 0.25) is 0 Å². The van der Waals surface area contributed by atoms with E-state index in [0.717, 1.165) is 16.7 Å². The van der Waals surface area contributed by atoms with Gasteiger partial charge in [0.1, 0.15) is 30.3 Å². The summed E-state index contributed by atoms with van der Waals surface area (Å²) in [6.07, 6.45) is 3.72. The monoisotopic (exact) mass is 1060 g/mol. The van der Waals surface area contributed by atoms with Gasteiger partial charge in [-0.05, 0) is 64.9 Å².